The largest absolute Gasteiger partial charge is 0.508 e. The number of aryl methyl sites for hydroxylation is 1. The summed E-state index contributed by atoms with van der Waals surface area (Å²) in [6.07, 6.45) is 4.69. The van der Waals surface area contributed by atoms with Crippen molar-refractivity contribution in [2.45, 2.75) is 63.1 Å². The number of carbonyl (C=O) groups excluding carboxylic acids is 1. The summed E-state index contributed by atoms with van der Waals surface area (Å²) >= 11 is 0. The van der Waals surface area contributed by atoms with Gasteiger partial charge in [-0.25, -0.2) is 0 Å². The van der Waals surface area contributed by atoms with E-state index < -0.39 is 5.60 Å². The molecule has 3 fully saturated rings. The lowest BCUT2D eigenvalue weighted by Gasteiger charge is -2.52. The summed E-state index contributed by atoms with van der Waals surface area (Å²) in [7, 11) is 0. The van der Waals surface area contributed by atoms with Crippen molar-refractivity contribution in [3.05, 3.63) is 29.3 Å². The molecule has 5 rings (SSSR count). The monoisotopic (exact) mass is 328 g/mol. The van der Waals surface area contributed by atoms with Crippen molar-refractivity contribution >= 4 is 5.97 Å². The molecular formula is C20H24O4. The minimum atomic E-state index is -0.977. The van der Waals surface area contributed by atoms with Crippen molar-refractivity contribution in [3.8, 4) is 5.75 Å². The van der Waals surface area contributed by atoms with Gasteiger partial charge in [0.25, 0.3) is 0 Å². The van der Waals surface area contributed by atoms with Crippen LogP contribution in [0.5, 0.6) is 5.75 Å². The molecule has 1 aromatic carbocycles. The van der Waals surface area contributed by atoms with Gasteiger partial charge in [-0.1, -0.05) is 13.0 Å². The molecule has 4 nitrogen and oxygen atoms in total. The molecule has 0 spiro atoms. The Morgan fingerprint density at radius 2 is 2.12 bits per heavy atom. The third kappa shape index (κ3) is 1.65. The molecule has 0 aromatic heterocycles. The Morgan fingerprint density at radius 1 is 1.29 bits per heavy atom. The Bertz CT molecular complexity index is 728. The Morgan fingerprint density at radius 3 is 2.96 bits per heavy atom. The molecule has 128 valence electrons. The van der Waals surface area contributed by atoms with Gasteiger partial charge in [0, 0.05) is 5.41 Å². The van der Waals surface area contributed by atoms with Crippen LogP contribution in [0.2, 0.25) is 0 Å². The molecule has 1 heterocycles. The second-order valence-electron chi connectivity index (χ2n) is 8.57. The first-order valence-corrected chi connectivity index (χ1v) is 9.16. The smallest absolute Gasteiger partial charge is 0.309 e. The predicted octanol–water partition coefficient (Wildman–Crippen LogP) is 2.90. The minimum absolute atomic E-state index is 0.159. The molecule has 3 aliphatic carbocycles. The zero-order valence-corrected chi connectivity index (χ0v) is 14.0. The van der Waals surface area contributed by atoms with Crippen molar-refractivity contribution in [2.24, 2.45) is 17.3 Å². The second kappa shape index (κ2) is 4.54. The summed E-state index contributed by atoms with van der Waals surface area (Å²) in [5.41, 5.74) is 1.46. The summed E-state index contributed by atoms with van der Waals surface area (Å²) in [5, 5.41) is 21.1. The van der Waals surface area contributed by atoms with Gasteiger partial charge in [0.2, 0.25) is 0 Å². The lowest BCUT2D eigenvalue weighted by Crippen LogP contribution is -2.52. The lowest BCUT2D eigenvalue weighted by molar-refractivity contribution is -0.142. The van der Waals surface area contributed by atoms with Crippen molar-refractivity contribution < 1.29 is 19.7 Å². The zero-order chi connectivity index (χ0) is 16.7. The van der Waals surface area contributed by atoms with E-state index in [1.165, 1.54) is 11.1 Å². The van der Waals surface area contributed by atoms with E-state index in [0.717, 1.165) is 32.1 Å². The number of aliphatic hydroxyl groups is 1. The molecule has 2 saturated carbocycles. The first-order valence-electron chi connectivity index (χ1n) is 9.16. The molecule has 0 unspecified atom stereocenters. The zero-order valence-electron chi connectivity index (χ0n) is 14.0. The van der Waals surface area contributed by atoms with Crippen LogP contribution in [0.25, 0.3) is 0 Å². The van der Waals surface area contributed by atoms with Gasteiger partial charge in [-0.2, -0.15) is 0 Å². The average molecular weight is 328 g/mol. The number of benzene rings is 1. The summed E-state index contributed by atoms with van der Waals surface area (Å²) in [5.74, 6) is 1.55. The van der Waals surface area contributed by atoms with Gasteiger partial charge in [-0.15, -0.1) is 0 Å². The molecule has 0 amide bonds. The number of phenolic OH excluding ortho intramolecular Hbond substituents is 1. The average Bonchev–Trinajstić information content (AvgIpc) is 2.94. The van der Waals surface area contributed by atoms with Gasteiger partial charge in [0.15, 0.2) is 0 Å². The van der Waals surface area contributed by atoms with Crippen LogP contribution in [-0.4, -0.2) is 27.9 Å². The maximum atomic E-state index is 11.8. The summed E-state index contributed by atoms with van der Waals surface area (Å²) in [6.45, 7) is 2.18. The fourth-order valence-electron chi connectivity index (χ4n) is 6.54. The van der Waals surface area contributed by atoms with E-state index in [9.17, 15) is 15.0 Å². The van der Waals surface area contributed by atoms with Crippen LogP contribution in [0.15, 0.2) is 18.2 Å². The number of aromatic hydroxyl groups is 1. The van der Waals surface area contributed by atoms with E-state index in [1.807, 2.05) is 6.07 Å². The van der Waals surface area contributed by atoms with E-state index in [-0.39, 0.29) is 23.9 Å². The van der Waals surface area contributed by atoms with E-state index in [4.69, 9.17) is 4.74 Å². The van der Waals surface area contributed by atoms with E-state index in [2.05, 4.69) is 13.0 Å². The number of hydrogen-bond acceptors (Lipinski definition) is 4. The van der Waals surface area contributed by atoms with Gasteiger partial charge in [0.1, 0.15) is 17.5 Å². The lowest BCUT2D eigenvalue weighted by atomic mass is 9.53. The Labute approximate surface area is 141 Å². The highest BCUT2D eigenvalue weighted by Gasteiger charge is 2.69. The number of esters is 1. The normalized spacial score (nSPS) is 45.8. The Kier molecular flexibility index (Phi) is 2.79. The third-order valence-corrected chi connectivity index (χ3v) is 7.78. The number of ether oxygens (including phenoxy) is 1. The summed E-state index contributed by atoms with van der Waals surface area (Å²) < 4.78 is 5.49. The van der Waals surface area contributed by atoms with Gasteiger partial charge < -0.3 is 14.9 Å². The number of carbonyl (C=O) groups is 1. The van der Waals surface area contributed by atoms with E-state index in [0.29, 0.717) is 23.5 Å². The van der Waals surface area contributed by atoms with E-state index >= 15 is 0 Å². The van der Waals surface area contributed by atoms with Crippen LogP contribution < -0.4 is 0 Å². The molecule has 1 saturated heterocycles. The molecule has 1 aliphatic heterocycles. The molecule has 0 radical (unpaired) electrons. The van der Waals surface area contributed by atoms with Gasteiger partial charge >= 0.3 is 5.97 Å². The standard InChI is InChI=1S/C20H24O4/c1-19-7-6-14-13-5-3-12(21)8-11(13)2-4-15(14)16(19)9-17-20(19,23)10-18(22)24-17/h3,5,8,14-17,21,23H,2,4,6-7,9-10H2,1H3/t14-,15-,16+,17-,19+,20-/m1/s1. The Balaban J connectivity index is 1.53. The maximum Gasteiger partial charge on any atom is 0.309 e. The minimum Gasteiger partial charge on any atom is -0.508 e. The summed E-state index contributed by atoms with van der Waals surface area (Å²) in [4.78, 5) is 11.8. The van der Waals surface area contributed by atoms with Crippen molar-refractivity contribution in [3.63, 3.8) is 0 Å². The fraction of sp³-hybridized carbons (Fsp3) is 0.650. The first-order chi connectivity index (χ1) is 11.4. The van der Waals surface area contributed by atoms with Crippen LogP contribution >= 0.6 is 0 Å². The van der Waals surface area contributed by atoms with E-state index in [1.54, 1.807) is 6.07 Å². The van der Waals surface area contributed by atoms with Crippen molar-refractivity contribution in [1.29, 1.82) is 0 Å². The highest BCUT2D eigenvalue weighted by atomic mass is 16.6. The fourth-order valence-corrected chi connectivity index (χ4v) is 6.54. The maximum absolute atomic E-state index is 11.8. The molecule has 0 bridgehead atoms. The second-order valence-corrected chi connectivity index (χ2v) is 8.57. The quantitative estimate of drug-likeness (QED) is 0.719. The first kappa shape index (κ1) is 14.8. The number of fused-ring (bicyclic) bond motifs is 7. The van der Waals surface area contributed by atoms with Crippen molar-refractivity contribution in [2.75, 3.05) is 0 Å². The third-order valence-electron chi connectivity index (χ3n) is 7.78. The van der Waals surface area contributed by atoms with Crippen LogP contribution in [0, 0.1) is 17.3 Å². The van der Waals surface area contributed by atoms with Gasteiger partial charge in [-0.3, -0.25) is 4.79 Å². The number of phenols is 1. The summed E-state index contributed by atoms with van der Waals surface area (Å²) in [6, 6.07) is 5.81. The Hall–Kier alpha value is -1.55. The topological polar surface area (TPSA) is 66.8 Å². The number of hydrogen-bond donors (Lipinski definition) is 2. The highest BCUT2D eigenvalue weighted by molar-refractivity contribution is 5.74. The molecular weight excluding hydrogens is 304 g/mol. The highest BCUT2D eigenvalue weighted by Crippen LogP contribution is 2.66. The molecule has 2 N–H and O–H groups in total. The van der Waals surface area contributed by atoms with Crippen LogP contribution in [-0.2, 0) is 16.0 Å². The SMILES string of the molecule is C[C@]12CC[C@@H]3c4ccc(O)cc4CC[C@H]3[C@@H]1C[C@H]1OC(=O)C[C@@]12O. The number of rotatable bonds is 0. The molecule has 1 aromatic rings. The predicted molar refractivity (Wildman–Crippen MR) is 87.6 cm³/mol. The van der Waals surface area contributed by atoms with Crippen LogP contribution in [0.4, 0.5) is 0 Å². The van der Waals surface area contributed by atoms with Crippen LogP contribution in [0.3, 0.4) is 0 Å². The van der Waals surface area contributed by atoms with Gasteiger partial charge in [-0.05, 0) is 73.1 Å². The molecule has 4 heteroatoms. The molecule has 24 heavy (non-hydrogen) atoms. The van der Waals surface area contributed by atoms with Crippen LogP contribution in [0.1, 0.15) is 56.1 Å². The molecule has 4 aliphatic rings. The van der Waals surface area contributed by atoms with Crippen molar-refractivity contribution in [1.82, 2.24) is 0 Å². The molecule has 6 atom stereocenters. The van der Waals surface area contributed by atoms with Gasteiger partial charge in [0.05, 0.1) is 6.42 Å².